The number of nitrogens with zero attached hydrogens (tertiary/aromatic N) is 1. The number of aryl methyl sites for hydroxylation is 2. The molecule has 0 radical (unpaired) electrons. The number of carbonyl (C=O) groups is 1. The van der Waals surface area contributed by atoms with Crippen molar-refractivity contribution < 1.29 is 9.21 Å². The molecule has 0 aliphatic heterocycles. The largest absolute Gasteiger partial charge is 0.444 e. The number of nitrogens with one attached hydrogen (secondary N) is 2. The van der Waals surface area contributed by atoms with E-state index in [4.69, 9.17) is 10.3 Å². The maximum atomic E-state index is 10.7. The normalized spacial score (nSPS) is 9.77. The van der Waals surface area contributed by atoms with Gasteiger partial charge in [0.2, 0.25) is 5.89 Å². The number of nitrogens with two attached hydrogens (primary N) is 1. The fourth-order valence-electron chi connectivity index (χ4n) is 0.822. The van der Waals surface area contributed by atoms with Crippen molar-refractivity contribution in [3.63, 3.8) is 0 Å². The van der Waals surface area contributed by atoms with Gasteiger partial charge in [0, 0.05) is 0 Å². The number of rotatable bonds is 2. The Morgan fingerprint density at radius 3 is 2.77 bits per heavy atom. The van der Waals surface area contributed by atoms with Gasteiger partial charge in [0.15, 0.2) is 0 Å². The molecule has 4 N–H and O–H groups in total. The first kappa shape index (κ1) is 9.53. The van der Waals surface area contributed by atoms with Crippen LogP contribution in [0.4, 0.5) is 4.79 Å². The second-order valence-corrected chi connectivity index (χ2v) is 2.58. The number of carbonyl (C=O) groups excluding carboxylic acids is 1. The Labute approximate surface area is 75.5 Å². The molecule has 0 saturated heterocycles. The predicted molar refractivity (Wildman–Crippen MR) is 45.5 cm³/mol. The maximum Gasteiger partial charge on any atom is 0.329 e. The van der Waals surface area contributed by atoms with Crippen molar-refractivity contribution in [1.82, 2.24) is 15.7 Å². The van der Waals surface area contributed by atoms with Crippen LogP contribution in [0.1, 0.15) is 17.3 Å². The lowest BCUT2D eigenvalue weighted by atomic mass is 10.4. The quantitative estimate of drug-likeness (QED) is 0.341. The number of urea groups is 1. The van der Waals surface area contributed by atoms with E-state index in [0.717, 1.165) is 11.5 Å². The summed E-state index contributed by atoms with van der Waals surface area (Å²) in [5.41, 5.74) is 2.76. The standard InChI is InChI=1S/C7H12N4O2/c1-4-5(2)13-6(10-4)3-9-7(12)11-8/h3,8H2,1-2H3,(H2,9,11,12). The van der Waals surface area contributed by atoms with Gasteiger partial charge in [-0.05, 0) is 13.8 Å². The minimum Gasteiger partial charge on any atom is -0.444 e. The first-order valence-electron chi connectivity index (χ1n) is 3.81. The third-order valence-corrected chi connectivity index (χ3v) is 1.60. The Bertz CT molecular complexity index is 288. The van der Waals surface area contributed by atoms with Gasteiger partial charge in [0.1, 0.15) is 5.76 Å². The summed E-state index contributed by atoms with van der Waals surface area (Å²) < 4.78 is 5.21. The molecule has 13 heavy (non-hydrogen) atoms. The smallest absolute Gasteiger partial charge is 0.329 e. The molecule has 0 bridgehead atoms. The van der Waals surface area contributed by atoms with Crippen molar-refractivity contribution in [2.45, 2.75) is 20.4 Å². The molecule has 0 atom stereocenters. The molecule has 1 rings (SSSR count). The zero-order chi connectivity index (χ0) is 9.84. The van der Waals surface area contributed by atoms with E-state index < -0.39 is 6.03 Å². The number of amides is 2. The van der Waals surface area contributed by atoms with Crippen LogP contribution >= 0.6 is 0 Å². The van der Waals surface area contributed by atoms with Crippen LogP contribution in [-0.4, -0.2) is 11.0 Å². The summed E-state index contributed by atoms with van der Waals surface area (Å²) in [6.07, 6.45) is 0. The van der Waals surface area contributed by atoms with Crippen LogP contribution in [0.25, 0.3) is 0 Å². The average Bonchev–Trinajstić information content (AvgIpc) is 2.42. The topological polar surface area (TPSA) is 93.2 Å². The molecule has 0 spiro atoms. The van der Waals surface area contributed by atoms with Crippen molar-refractivity contribution in [1.29, 1.82) is 0 Å². The van der Waals surface area contributed by atoms with Crippen molar-refractivity contribution in [2.24, 2.45) is 5.84 Å². The molecule has 0 fully saturated rings. The minimum absolute atomic E-state index is 0.234. The summed E-state index contributed by atoms with van der Waals surface area (Å²) in [5.74, 6) is 6.08. The number of hydrogen-bond acceptors (Lipinski definition) is 4. The summed E-state index contributed by atoms with van der Waals surface area (Å²) >= 11 is 0. The van der Waals surface area contributed by atoms with Crippen LogP contribution in [0.3, 0.4) is 0 Å². The van der Waals surface area contributed by atoms with Crippen LogP contribution in [-0.2, 0) is 6.54 Å². The van der Waals surface area contributed by atoms with E-state index in [9.17, 15) is 4.79 Å². The number of aromatic nitrogens is 1. The summed E-state index contributed by atoms with van der Waals surface area (Å²) in [6.45, 7) is 3.89. The van der Waals surface area contributed by atoms with Gasteiger partial charge in [-0.25, -0.2) is 15.6 Å². The van der Waals surface area contributed by atoms with E-state index in [0.29, 0.717) is 5.89 Å². The van der Waals surface area contributed by atoms with E-state index >= 15 is 0 Å². The lowest BCUT2D eigenvalue weighted by Gasteiger charge is -1.99. The number of hydrogen-bond donors (Lipinski definition) is 3. The Kier molecular flexibility index (Phi) is 2.86. The highest BCUT2D eigenvalue weighted by atomic mass is 16.4. The summed E-state index contributed by atoms with van der Waals surface area (Å²) in [4.78, 5) is 14.7. The van der Waals surface area contributed by atoms with Crippen molar-refractivity contribution in [2.75, 3.05) is 0 Å². The van der Waals surface area contributed by atoms with Gasteiger partial charge in [0.25, 0.3) is 0 Å². The molecule has 2 amide bonds. The molecule has 1 aromatic heterocycles. The van der Waals surface area contributed by atoms with Gasteiger partial charge < -0.3 is 9.73 Å². The zero-order valence-corrected chi connectivity index (χ0v) is 7.55. The highest BCUT2D eigenvalue weighted by Crippen LogP contribution is 2.07. The van der Waals surface area contributed by atoms with Crippen LogP contribution in [0.15, 0.2) is 4.42 Å². The van der Waals surface area contributed by atoms with Crippen LogP contribution < -0.4 is 16.6 Å². The van der Waals surface area contributed by atoms with E-state index in [1.165, 1.54) is 0 Å². The molecule has 1 aromatic rings. The van der Waals surface area contributed by atoms with E-state index in [1.54, 1.807) is 0 Å². The Balaban J connectivity index is 2.50. The molecule has 72 valence electrons. The third kappa shape index (κ3) is 2.45. The summed E-state index contributed by atoms with van der Waals surface area (Å²) in [7, 11) is 0. The van der Waals surface area contributed by atoms with Crippen LogP contribution in [0.2, 0.25) is 0 Å². The van der Waals surface area contributed by atoms with Crippen LogP contribution in [0.5, 0.6) is 0 Å². The minimum atomic E-state index is -0.464. The molecular weight excluding hydrogens is 172 g/mol. The molecule has 0 aliphatic carbocycles. The monoisotopic (exact) mass is 184 g/mol. The van der Waals surface area contributed by atoms with Gasteiger partial charge in [0.05, 0.1) is 12.2 Å². The van der Waals surface area contributed by atoms with Gasteiger partial charge in [-0.1, -0.05) is 0 Å². The van der Waals surface area contributed by atoms with Gasteiger partial charge in [-0.15, -0.1) is 0 Å². The fraction of sp³-hybridized carbons (Fsp3) is 0.429. The second-order valence-electron chi connectivity index (χ2n) is 2.58. The van der Waals surface area contributed by atoms with Gasteiger partial charge in [-0.2, -0.15) is 0 Å². The Hall–Kier alpha value is -1.56. The molecule has 1 heterocycles. The van der Waals surface area contributed by atoms with Crippen molar-refractivity contribution >= 4 is 6.03 Å². The van der Waals surface area contributed by atoms with E-state index in [2.05, 4.69) is 10.3 Å². The summed E-state index contributed by atoms with van der Waals surface area (Å²) in [6, 6.07) is -0.464. The molecule has 0 unspecified atom stereocenters. The predicted octanol–water partition coefficient (Wildman–Crippen LogP) is -0.0357. The molecule has 0 aliphatic rings. The third-order valence-electron chi connectivity index (χ3n) is 1.60. The number of hydrazine groups is 1. The number of oxazole rings is 1. The van der Waals surface area contributed by atoms with Crippen molar-refractivity contribution in [3.8, 4) is 0 Å². The molecule has 6 heteroatoms. The van der Waals surface area contributed by atoms with Crippen molar-refractivity contribution in [3.05, 3.63) is 17.3 Å². The molecule has 6 nitrogen and oxygen atoms in total. The van der Waals surface area contributed by atoms with Crippen LogP contribution in [0, 0.1) is 13.8 Å². The second kappa shape index (κ2) is 3.90. The highest BCUT2D eigenvalue weighted by molar-refractivity contribution is 5.72. The molecule has 0 aromatic carbocycles. The maximum absolute atomic E-state index is 10.7. The fourth-order valence-corrected chi connectivity index (χ4v) is 0.822. The Morgan fingerprint density at radius 1 is 1.62 bits per heavy atom. The van der Waals surface area contributed by atoms with E-state index in [1.807, 2.05) is 19.3 Å². The summed E-state index contributed by atoms with van der Waals surface area (Å²) in [5, 5.41) is 2.46. The lowest BCUT2D eigenvalue weighted by Crippen LogP contribution is -2.39. The first-order valence-corrected chi connectivity index (χ1v) is 3.81. The first-order chi connectivity index (χ1) is 6.13. The molecular formula is C7H12N4O2. The zero-order valence-electron chi connectivity index (χ0n) is 7.55. The SMILES string of the molecule is Cc1nc(CNC(=O)NN)oc1C. The van der Waals surface area contributed by atoms with Gasteiger partial charge in [-0.3, -0.25) is 5.43 Å². The van der Waals surface area contributed by atoms with Gasteiger partial charge >= 0.3 is 6.03 Å². The average molecular weight is 184 g/mol. The van der Waals surface area contributed by atoms with E-state index in [-0.39, 0.29) is 6.54 Å². The lowest BCUT2D eigenvalue weighted by molar-refractivity contribution is 0.239. The Morgan fingerprint density at radius 2 is 2.31 bits per heavy atom. The molecule has 0 saturated carbocycles. The highest BCUT2D eigenvalue weighted by Gasteiger charge is 2.05.